The van der Waals surface area contributed by atoms with Gasteiger partial charge in [0.15, 0.2) is 6.54 Å². The zero-order valence-corrected chi connectivity index (χ0v) is 7.19. The van der Waals surface area contributed by atoms with Crippen molar-refractivity contribution in [1.82, 2.24) is 0 Å². The van der Waals surface area contributed by atoms with Gasteiger partial charge in [-0.15, -0.1) is 0 Å². The second kappa shape index (κ2) is 3.61. The Morgan fingerprint density at radius 2 is 2.64 bits per heavy atom. The number of nitrogens with two attached hydrogens (primary N) is 1. The molecule has 4 nitrogen and oxygen atoms in total. The number of hydrogen-bond acceptors (Lipinski definition) is 4. The molecule has 0 spiro atoms. The summed E-state index contributed by atoms with van der Waals surface area (Å²) in [6.07, 6.45) is 0. The van der Waals surface area contributed by atoms with Crippen LogP contribution in [0.25, 0.3) is 0 Å². The van der Waals surface area contributed by atoms with E-state index in [4.69, 9.17) is 5.73 Å². The smallest absolute Gasteiger partial charge is 0.347 e. The fourth-order valence-electron chi connectivity index (χ4n) is 0.839. The molecule has 0 saturated heterocycles. The van der Waals surface area contributed by atoms with Crippen molar-refractivity contribution in [3.05, 3.63) is 0 Å². The van der Waals surface area contributed by atoms with Gasteiger partial charge < -0.3 is 4.74 Å². The lowest BCUT2D eigenvalue weighted by Gasteiger charge is -1.99. The summed E-state index contributed by atoms with van der Waals surface area (Å²) in [5, 5.41) is 0.718. The van der Waals surface area contributed by atoms with E-state index in [1.165, 1.54) is 7.11 Å². The number of rotatable bonds is 2. The Morgan fingerprint density at radius 1 is 1.91 bits per heavy atom. The number of amidine groups is 1. The van der Waals surface area contributed by atoms with Crippen LogP contribution in [0.15, 0.2) is 0 Å². The van der Waals surface area contributed by atoms with Gasteiger partial charge in [-0.2, -0.15) is 0 Å². The first-order valence-corrected chi connectivity index (χ1v) is 4.29. The topological polar surface area (TPSA) is 55.3 Å². The predicted octanol–water partition coefficient (Wildman–Crippen LogP) is -0.767. The van der Waals surface area contributed by atoms with Gasteiger partial charge in [-0.1, -0.05) is 0 Å². The van der Waals surface area contributed by atoms with Crippen LogP contribution >= 0.6 is 11.8 Å². The second-order valence-corrected chi connectivity index (χ2v) is 3.30. The van der Waals surface area contributed by atoms with Crippen LogP contribution in [0.5, 0.6) is 0 Å². The van der Waals surface area contributed by atoms with Crippen LogP contribution in [0.4, 0.5) is 0 Å². The van der Waals surface area contributed by atoms with Crippen LogP contribution in [0, 0.1) is 0 Å². The molecule has 1 aliphatic heterocycles. The van der Waals surface area contributed by atoms with Gasteiger partial charge in [-0.05, 0) is 11.8 Å². The third kappa shape index (κ3) is 2.11. The fourth-order valence-corrected chi connectivity index (χ4v) is 1.70. The molecular formula is C6H11N2O2S+. The lowest BCUT2D eigenvalue weighted by molar-refractivity contribution is -0.508. The number of carbonyl (C=O) groups is 1. The maximum Gasteiger partial charge on any atom is 0.347 e. The van der Waals surface area contributed by atoms with Crippen LogP contribution in [-0.4, -0.2) is 41.7 Å². The van der Waals surface area contributed by atoms with Gasteiger partial charge in [0.1, 0.15) is 0 Å². The molecule has 0 amide bonds. The Kier molecular flexibility index (Phi) is 2.76. The molecule has 1 rings (SSSR count). The average molecular weight is 175 g/mol. The molecule has 62 valence electrons. The van der Waals surface area contributed by atoms with E-state index in [1.807, 2.05) is 4.58 Å². The summed E-state index contributed by atoms with van der Waals surface area (Å²) < 4.78 is 6.32. The second-order valence-electron chi connectivity index (χ2n) is 2.18. The van der Waals surface area contributed by atoms with Gasteiger partial charge in [0.2, 0.25) is 0 Å². The van der Waals surface area contributed by atoms with Gasteiger partial charge in [-0.25, -0.2) is 9.37 Å². The molecule has 0 bridgehead atoms. The van der Waals surface area contributed by atoms with Crippen LogP contribution in [0.3, 0.4) is 0 Å². The minimum Gasteiger partial charge on any atom is -0.466 e. The number of thioether (sulfide) groups is 1. The number of methoxy groups -OCH3 is 1. The minimum atomic E-state index is -0.240. The first kappa shape index (κ1) is 8.39. The lowest BCUT2D eigenvalue weighted by atomic mass is 10.6. The van der Waals surface area contributed by atoms with E-state index >= 15 is 0 Å². The van der Waals surface area contributed by atoms with Crippen molar-refractivity contribution in [2.75, 3.05) is 26.0 Å². The van der Waals surface area contributed by atoms with Crippen LogP contribution < -0.4 is 5.73 Å². The van der Waals surface area contributed by atoms with E-state index in [0.717, 1.165) is 17.5 Å². The number of esters is 1. The van der Waals surface area contributed by atoms with Gasteiger partial charge in [0.25, 0.3) is 0 Å². The molecule has 1 aliphatic rings. The average Bonchev–Trinajstić information content (AvgIpc) is 2.37. The standard InChI is InChI=1S/C6H10N2O2S/c1-10-5(9)4-8-2-3-11-6(8)7/h7H,2-4H2,1H3/p+1. The Labute approximate surface area is 69.4 Å². The number of hydrogen-bond donors (Lipinski definition) is 1. The Morgan fingerprint density at radius 3 is 3.09 bits per heavy atom. The Bertz CT molecular complexity index is 203. The minimum absolute atomic E-state index is 0.240. The molecule has 0 aromatic rings. The molecule has 2 N–H and O–H groups in total. The van der Waals surface area contributed by atoms with Crippen molar-refractivity contribution < 1.29 is 14.1 Å². The van der Waals surface area contributed by atoms with E-state index in [0.29, 0.717) is 0 Å². The number of carbonyl (C=O) groups excluding carboxylic acids is 1. The van der Waals surface area contributed by atoms with Gasteiger partial charge in [0.05, 0.1) is 13.7 Å². The molecule has 0 atom stereocenters. The molecule has 0 aromatic carbocycles. The van der Waals surface area contributed by atoms with E-state index in [1.54, 1.807) is 11.8 Å². The maximum atomic E-state index is 10.8. The quantitative estimate of drug-likeness (QED) is 0.442. The molecule has 1 heterocycles. The maximum absolute atomic E-state index is 10.8. The summed E-state index contributed by atoms with van der Waals surface area (Å²) in [6, 6.07) is 0. The largest absolute Gasteiger partial charge is 0.466 e. The fraction of sp³-hybridized carbons (Fsp3) is 0.667. The molecule has 0 aromatic heterocycles. The van der Waals surface area contributed by atoms with Crippen molar-refractivity contribution in [2.24, 2.45) is 5.73 Å². The summed E-state index contributed by atoms with van der Waals surface area (Å²) in [5.41, 5.74) is 5.58. The van der Waals surface area contributed by atoms with Gasteiger partial charge in [0, 0.05) is 5.75 Å². The van der Waals surface area contributed by atoms with Crippen molar-refractivity contribution in [3.63, 3.8) is 0 Å². The van der Waals surface area contributed by atoms with Gasteiger partial charge >= 0.3 is 11.1 Å². The number of ether oxygens (including phenoxy) is 1. The molecule has 0 saturated carbocycles. The van der Waals surface area contributed by atoms with E-state index in [-0.39, 0.29) is 12.5 Å². The third-order valence-electron chi connectivity index (χ3n) is 1.47. The lowest BCUT2D eigenvalue weighted by Crippen LogP contribution is -2.27. The summed E-state index contributed by atoms with van der Waals surface area (Å²) in [5.74, 6) is 0.721. The Balaban J connectivity index is 2.48. The van der Waals surface area contributed by atoms with Crippen LogP contribution in [-0.2, 0) is 9.53 Å². The van der Waals surface area contributed by atoms with Crippen molar-refractivity contribution >= 4 is 22.9 Å². The Hall–Kier alpha value is -0.710. The van der Waals surface area contributed by atoms with E-state index in [9.17, 15) is 4.79 Å². The first-order chi connectivity index (χ1) is 5.24. The molecule has 11 heavy (non-hydrogen) atoms. The summed E-state index contributed by atoms with van der Waals surface area (Å²) in [6.45, 7) is 1.11. The monoisotopic (exact) mass is 175 g/mol. The van der Waals surface area contributed by atoms with Crippen molar-refractivity contribution in [2.45, 2.75) is 0 Å². The highest BCUT2D eigenvalue weighted by Gasteiger charge is 2.19. The highest BCUT2D eigenvalue weighted by Crippen LogP contribution is 2.06. The van der Waals surface area contributed by atoms with Gasteiger partial charge in [-0.3, -0.25) is 5.73 Å². The van der Waals surface area contributed by atoms with Crippen molar-refractivity contribution in [3.8, 4) is 0 Å². The highest BCUT2D eigenvalue weighted by atomic mass is 32.2. The summed E-state index contributed by atoms with van der Waals surface area (Å²) in [4.78, 5) is 10.8. The van der Waals surface area contributed by atoms with Crippen LogP contribution in [0.1, 0.15) is 0 Å². The number of nitrogens with zero attached hydrogens (tertiary/aromatic N) is 1. The zero-order chi connectivity index (χ0) is 8.27. The molecule has 0 aliphatic carbocycles. The summed E-state index contributed by atoms with van der Waals surface area (Å²) in [7, 11) is 1.38. The predicted molar refractivity (Wildman–Crippen MR) is 43.7 cm³/mol. The van der Waals surface area contributed by atoms with Crippen LogP contribution in [0.2, 0.25) is 0 Å². The zero-order valence-electron chi connectivity index (χ0n) is 6.37. The van der Waals surface area contributed by atoms with E-state index < -0.39 is 0 Å². The highest BCUT2D eigenvalue weighted by molar-refractivity contribution is 8.13. The van der Waals surface area contributed by atoms with E-state index in [2.05, 4.69) is 4.74 Å². The normalized spacial score (nSPS) is 17.2. The van der Waals surface area contributed by atoms with Crippen molar-refractivity contribution in [1.29, 1.82) is 0 Å². The molecule has 0 unspecified atom stereocenters. The molecule has 0 radical (unpaired) electrons. The molecule has 0 fully saturated rings. The molecular weight excluding hydrogens is 164 g/mol. The summed E-state index contributed by atoms with van der Waals surface area (Å²) >= 11 is 1.57. The third-order valence-corrected chi connectivity index (χ3v) is 2.41. The first-order valence-electron chi connectivity index (χ1n) is 3.31. The SMILES string of the molecule is COC(=O)C[N+]1=C(N)SCC1. The molecule has 5 heteroatoms.